The van der Waals surface area contributed by atoms with Crippen LogP contribution in [0.3, 0.4) is 0 Å². The van der Waals surface area contributed by atoms with Gasteiger partial charge in [0.05, 0.1) is 6.61 Å². The molecular weight excluding hydrogens is 308 g/mol. The Labute approximate surface area is 142 Å². The van der Waals surface area contributed by atoms with E-state index < -0.39 is 11.9 Å². The highest BCUT2D eigenvalue weighted by atomic mass is 16.5. The second-order valence-corrected chi connectivity index (χ2v) is 5.92. The predicted octanol–water partition coefficient (Wildman–Crippen LogP) is 2.64. The zero-order chi connectivity index (χ0) is 17.4. The maximum atomic E-state index is 12.2. The minimum Gasteiger partial charge on any atom is -0.466 e. The Hall–Kier alpha value is -2.37. The molecule has 2 N–H and O–H groups in total. The molecule has 2 amide bonds. The van der Waals surface area contributed by atoms with Gasteiger partial charge >= 0.3 is 5.97 Å². The number of ether oxygens (including phenoxy) is 1. The van der Waals surface area contributed by atoms with Crippen molar-refractivity contribution >= 4 is 23.5 Å². The molecule has 0 radical (unpaired) electrons. The molecule has 0 unspecified atom stereocenters. The third-order valence-electron chi connectivity index (χ3n) is 3.98. The lowest BCUT2D eigenvalue weighted by atomic mass is 9.95. The Bertz CT molecular complexity index is 577. The summed E-state index contributed by atoms with van der Waals surface area (Å²) in [5, 5.41) is 5.66. The number of esters is 1. The summed E-state index contributed by atoms with van der Waals surface area (Å²) in [6.07, 6.45) is 5.32. The largest absolute Gasteiger partial charge is 0.466 e. The van der Waals surface area contributed by atoms with Crippen LogP contribution in [0.2, 0.25) is 0 Å². The lowest BCUT2D eigenvalue weighted by molar-refractivity contribution is -0.145. The molecule has 0 heterocycles. The number of anilines is 1. The number of hydrogen-bond donors (Lipinski definition) is 2. The number of nitrogens with one attached hydrogen (secondary N) is 2. The number of carbonyl (C=O) groups excluding carboxylic acids is 3. The molecule has 6 heteroatoms. The summed E-state index contributed by atoms with van der Waals surface area (Å²) < 4.78 is 4.72. The maximum Gasteiger partial charge on any atom is 0.315 e. The van der Waals surface area contributed by atoms with Crippen LogP contribution in [0, 0.1) is 0 Å². The minimum atomic E-state index is -0.557. The summed E-state index contributed by atoms with van der Waals surface area (Å²) in [5.41, 5.74) is 1.10. The van der Waals surface area contributed by atoms with Gasteiger partial charge in [0.15, 0.2) is 0 Å². The lowest BCUT2D eigenvalue weighted by Gasteiger charge is -2.22. The molecule has 2 rings (SSSR count). The topological polar surface area (TPSA) is 84.5 Å². The molecule has 0 bridgehead atoms. The van der Waals surface area contributed by atoms with Crippen molar-refractivity contribution in [2.24, 2.45) is 0 Å². The van der Waals surface area contributed by atoms with Gasteiger partial charge in [-0.3, -0.25) is 14.4 Å². The van der Waals surface area contributed by atoms with Crippen LogP contribution >= 0.6 is 0 Å². The van der Waals surface area contributed by atoms with E-state index in [0.29, 0.717) is 11.3 Å². The fraction of sp³-hybridized carbons (Fsp3) is 0.500. The second kappa shape index (κ2) is 9.05. The Morgan fingerprint density at radius 2 is 1.75 bits per heavy atom. The van der Waals surface area contributed by atoms with Gasteiger partial charge in [-0.2, -0.15) is 0 Å². The normalized spacial score (nSPS) is 14.7. The molecular formula is C18H24N2O4. The van der Waals surface area contributed by atoms with Gasteiger partial charge in [0, 0.05) is 17.3 Å². The molecule has 1 fully saturated rings. The molecule has 1 aliphatic rings. The van der Waals surface area contributed by atoms with Gasteiger partial charge < -0.3 is 15.4 Å². The van der Waals surface area contributed by atoms with E-state index >= 15 is 0 Å². The van der Waals surface area contributed by atoms with Gasteiger partial charge in [0.1, 0.15) is 6.42 Å². The standard InChI is InChI=1S/C18H24N2O4/c1-2-24-17(22)12-16(21)19-15-10-8-13(9-11-15)18(23)20-14-6-4-3-5-7-14/h8-11,14H,2-7,12H2,1H3,(H,19,21)(H,20,23). The Morgan fingerprint density at radius 3 is 2.38 bits per heavy atom. The zero-order valence-electron chi connectivity index (χ0n) is 14.0. The van der Waals surface area contributed by atoms with Crippen LogP contribution in [0.1, 0.15) is 55.8 Å². The van der Waals surface area contributed by atoms with E-state index in [1.807, 2.05) is 0 Å². The molecule has 24 heavy (non-hydrogen) atoms. The molecule has 1 aromatic carbocycles. The van der Waals surface area contributed by atoms with Crippen LogP contribution in [0.4, 0.5) is 5.69 Å². The van der Waals surface area contributed by atoms with Crippen LogP contribution in [-0.4, -0.2) is 30.4 Å². The summed E-state index contributed by atoms with van der Waals surface area (Å²) in [7, 11) is 0. The van der Waals surface area contributed by atoms with Crippen molar-refractivity contribution in [1.29, 1.82) is 0 Å². The molecule has 0 atom stereocenters. The van der Waals surface area contributed by atoms with Crippen LogP contribution in [-0.2, 0) is 14.3 Å². The van der Waals surface area contributed by atoms with Crippen molar-refractivity contribution in [3.63, 3.8) is 0 Å². The van der Waals surface area contributed by atoms with Crippen LogP contribution in [0.15, 0.2) is 24.3 Å². The predicted molar refractivity (Wildman–Crippen MR) is 90.7 cm³/mol. The third-order valence-corrected chi connectivity index (χ3v) is 3.98. The van der Waals surface area contributed by atoms with Crippen molar-refractivity contribution in [1.82, 2.24) is 5.32 Å². The van der Waals surface area contributed by atoms with Gasteiger partial charge in [0.2, 0.25) is 5.91 Å². The van der Waals surface area contributed by atoms with Crippen LogP contribution < -0.4 is 10.6 Å². The average Bonchev–Trinajstić information content (AvgIpc) is 2.56. The van der Waals surface area contributed by atoms with Crippen molar-refractivity contribution in [3.8, 4) is 0 Å². The fourth-order valence-electron chi connectivity index (χ4n) is 2.77. The van der Waals surface area contributed by atoms with Gasteiger partial charge in [-0.05, 0) is 44.0 Å². The van der Waals surface area contributed by atoms with E-state index in [0.717, 1.165) is 25.7 Å². The number of hydrogen-bond acceptors (Lipinski definition) is 4. The first-order valence-electron chi connectivity index (χ1n) is 8.45. The number of amides is 2. The van der Waals surface area contributed by atoms with E-state index in [1.165, 1.54) is 6.42 Å². The first-order chi connectivity index (χ1) is 11.6. The summed E-state index contributed by atoms with van der Waals surface area (Å²) in [4.78, 5) is 35.1. The molecule has 0 aliphatic heterocycles. The first-order valence-corrected chi connectivity index (χ1v) is 8.45. The highest BCUT2D eigenvalue weighted by Gasteiger charge is 2.16. The van der Waals surface area contributed by atoms with Gasteiger partial charge in [0.25, 0.3) is 5.91 Å². The van der Waals surface area contributed by atoms with Crippen molar-refractivity contribution in [3.05, 3.63) is 29.8 Å². The fourth-order valence-corrected chi connectivity index (χ4v) is 2.77. The highest BCUT2D eigenvalue weighted by Crippen LogP contribution is 2.18. The van der Waals surface area contributed by atoms with E-state index in [1.54, 1.807) is 31.2 Å². The van der Waals surface area contributed by atoms with Crippen LogP contribution in [0.25, 0.3) is 0 Å². The smallest absolute Gasteiger partial charge is 0.315 e. The van der Waals surface area contributed by atoms with E-state index in [2.05, 4.69) is 10.6 Å². The van der Waals surface area contributed by atoms with E-state index in [9.17, 15) is 14.4 Å². The summed E-state index contributed by atoms with van der Waals surface area (Å²) in [5.74, 6) is -1.09. The van der Waals surface area contributed by atoms with Gasteiger partial charge in [-0.25, -0.2) is 0 Å². The number of carbonyl (C=O) groups is 3. The second-order valence-electron chi connectivity index (χ2n) is 5.92. The minimum absolute atomic E-state index is 0.0914. The van der Waals surface area contributed by atoms with E-state index in [4.69, 9.17) is 4.74 Å². The highest BCUT2D eigenvalue weighted by molar-refractivity contribution is 6.02. The maximum absolute atomic E-state index is 12.2. The monoisotopic (exact) mass is 332 g/mol. The molecule has 130 valence electrons. The molecule has 1 aliphatic carbocycles. The Kier molecular flexibility index (Phi) is 6.78. The average molecular weight is 332 g/mol. The molecule has 0 spiro atoms. The molecule has 0 saturated heterocycles. The lowest BCUT2D eigenvalue weighted by Crippen LogP contribution is -2.36. The summed E-state index contributed by atoms with van der Waals surface area (Å²) in [6, 6.07) is 6.89. The summed E-state index contributed by atoms with van der Waals surface area (Å²) >= 11 is 0. The van der Waals surface area contributed by atoms with Gasteiger partial charge in [-0.15, -0.1) is 0 Å². The van der Waals surface area contributed by atoms with Crippen molar-refractivity contribution in [2.45, 2.75) is 51.5 Å². The number of rotatable bonds is 6. The van der Waals surface area contributed by atoms with Crippen molar-refractivity contribution in [2.75, 3.05) is 11.9 Å². The van der Waals surface area contributed by atoms with Crippen LogP contribution in [0.5, 0.6) is 0 Å². The third kappa shape index (κ3) is 5.68. The Balaban J connectivity index is 1.84. The van der Waals surface area contributed by atoms with Crippen molar-refractivity contribution < 1.29 is 19.1 Å². The molecule has 6 nitrogen and oxygen atoms in total. The zero-order valence-corrected chi connectivity index (χ0v) is 14.0. The molecule has 1 aromatic rings. The summed E-state index contributed by atoms with van der Waals surface area (Å²) in [6.45, 7) is 1.93. The van der Waals surface area contributed by atoms with E-state index in [-0.39, 0.29) is 25.0 Å². The van der Waals surface area contributed by atoms with Gasteiger partial charge in [-0.1, -0.05) is 19.3 Å². The number of benzene rings is 1. The molecule has 0 aromatic heterocycles. The molecule has 1 saturated carbocycles. The Morgan fingerprint density at radius 1 is 1.08 bits per heavy atom. The quantitative estimate of drug-likeness (QED) is 0.619. The SMILES string of the molecule is CCOC(=O)CC(=O)Nc1ccc(C(=O)NC2CCCCC2)cc1. The first kappa shape index (κ1) is 18.0.